The van der Waals surface area contributed by atoms with Crippen LogP contribution in [0.25, 0.3) is 21.9 Å². The van der Waals surface area contributed by atoms with Gasteiger partial charge in [-0.15, -0.1) is 0 Å². The predicted octanol–water partition coefficient (Wildman–Crippen LogP) is 4.05. The Morgan fingerprint density at radius 3 is 3.04 bits per heavy atom. The number of fused-ring (bicyclic) bond motifs is 2. The number of benzene rings is 2. The monoisotopic (exact) mass is 343 g/mol. The Kier molecular flexibility index (Phi) is 3.90. The second-order valence-corrected chi connectivity index (χ2v) is 6.14. The van der Waals surface area contributed by atoms with Crippen molar-refractivity contribution in [2.45, 2.75) is 19.9 Å². The Labute approximate surface area is 150 Å². The van der Waals surface area contributed by atoms with Crippen molar-refractivity contribution < 1.29 is 4.79 Å². The maximum absolute atomic E-state index is 12.7. The van der Waals surface area contributed by atoms with Crippen LogP contribution in [0, 0.1) is 11.3 Å². The highest BCUT2D eigenvalue weighted by Gasteiger charge is 2.14. The van der Waals surface area contributed by atoms with Crippen molar-refractivity contribution in [3.05, 3.63) is 60.0 Å². The molecule has 2 aromatic carbocycles. The summed E-state index contributed by atoms with van der Waals surface area (Å²) in [5.41, 5.74) is 4.22. The molecular weight excluding hydrogens is 326 g/mol. The smallest absolute Gasteiger partial charge is 0.257 e. The van der Waals surface area contributed by atoms with Crippen LogP contribution in [0.15, 0.2) is 48.9 Å². The third-order valence-electron chi connectivity index (χ3n) is 4.42. The quantitative estimate of drug-likeness (QED) is 0.586. The van der Waals surface area contributed by atoms with E-state index in [0.717, 1.165) is 29.4 Å². The van der Waals surface area contributed by atoms with Gasteiger partial charge in [0.15, 0.2) is 0 Å². The molecule has 128 valence electrons. The van der Waals surface area contributed by atoms with Crippen LogP contribution in [0.2, 0.25) is 0 Å². The fourth-order valence-corrected chi connectivity index (χ4v) is 3.24. The number of nitrogens with zero attached hydrogens (tertiary/aromatic N) is 3. The van der Waals surface area contributed by atoms with Gasteiger partial charge in [-0.2, -0.15) is 5.26 Å². The van der Waals surface area contributed by atoms with Gasteiger partial charge in [-0.05, 0) is 36.8 Å². The van der Waals surface area contributed by atoms with Gasteiger partial charge in [0.05, 0.1) is 23.0 Å². The number of aryl methyl sites for hydroxylation is 1. The molecule has 0 aliphatic rings. The summed E-state index contributed by atoms with van der Waals surface area (Å²) in [4.78, 5) is 19.9. The van der Waals surface area contributed by atoms with Gasteiger partial charge in [0.25, 0.3) is 5.91 Å². The Bertz CT molecular complexity index is 1160. The Balaban J connectivity index is 1.70. The lowest BCUT2D eigenvalue weighted by Gasteiger charge is -2.07. The fraction of sp³-hybridized carbons (Fsp3) is 0.150. The lowest BCUT2D eigenvalue weighted by atomic mass is 10.1. The van der Waals surface area contributed by atoms with E-state index in [1.54, 1.807) is 12.4 Å². The standard InChI is InChI=1S/C20H17N5O/c1-2-8-25-11-13(10-21)16-9-14(6-7-18(16)25)24-20(26)15-4-3-5-17-19(15)23-12-22-17/h3-7,9,11-12H,2,8H2,1H3,(H,22,23)(H,24,26). The number of aromatic amines is 1. The van der Waals surface area contributed by atoms with Crippen molar-refractivity contribution in [2.75, 3.05) is 5.32 Å². The van der Waals surface area contributed by atoms with Gasteiger partial charge in [-0.1, -0.05) is 13.0 Å². The molecule has 0 atom stereocenters. The van der Waals surface area contributed by atoms with Gasteiger partial charge in [-0.25, -0.2) is 4.98 Å². The van der Waals surface area contributed by atoms with E-state index in [1.807, 2.05) is 36.5 Å². The number of rotatable bonds is 4. The van der Waals surface area contributed by atoms with E-state index in [4.69, 9.17) is 0 Å². The first kappa shape index (κ1) is 15.9. The number of nitriles is 1. The molecule has 2 N–H and O–H groups in total. The molecule has 26 heavy (non-hydrogen) atoms. The van der Waals surface area contributed by atoms with Crippen LogP contribution in [-0.2, 0) is 6.54 Å². The lowest BCUT2D eigenvalue weighted by Crippen LogP contribution is -2.12. The predicted molar refractivity (Wildman–Crippen MR) is 101 cm³/mol. The van der Waals surface area contributed by atoms with Crippen molar-refractivity contribution in [1.29, 1.82) is 5.26 Å². The summed E-state index contributed by atoms with van der Waals surface area (Å²) in [6.45, 7) is 2.95. The van der Waals surface area contributed by atoms with Crippen LogP contribution in [-0.4, -0.2) is 20.4 Å². The van der Waals surface area contributed by atoms with E-state index in [9.17, 15) is 10.1 Å². The number of carbonyl (C=O) groups is 1. The number of imidazole rings is 1. The highest BCUT2D eigenvalue weighted by molar-refractivity contribution is 6.12. The minimum absolute atomic E-state index is 0.228. The third-order valence-corrected chi connectivity index (χ3v) is 4.42. The topological polar surface area (TPSA) is 86.5 Å². The third kappa shape index (κ3) is 2.60. The van der Waals surface area contributed by atoms with Gasteiger partial charge >= 0.3 is 0 Å². The molecule has 0 saturated carbocycles. The maximum atomic E-state index is 12.7. The Morgan fingerprint density at radius 2 is 2.23 bits per heavy atom. The SMILES string of the molecule is CCCn1cc(C#N)c2cc(NC(=O)c3cccc4[nH]cnc34)ccc21. The number of hydrogen-bond acceptors (Lipinski definition) is 3. The highest BCUT2D eigenvalue weighted by atomic mass is 16.1. The highest BCUT2D eigenvalue weighted by Crippen LogP contribution is 2.25. The van der Waals surface area contributed by atoms with Gasteiger partial charge < -0.3 is 14.9 Å². The Morgan fingerprint density at radius 1 is 1.35 bits per heavy atom. The van der Waals surface area contributed by atoms with Crippen molar-refractivity contribution in [1.82, 2.24) is 14.5 Å². The largest absolute Gasteiger partial charge is 0.346 e. The molecule has 0 spiro atoms. The first-order valence-electron chi connectivity index (χ1n) is 8.47. The average molecular weight is 343 g/mol. The van der Waals surface area contributed by atoms with Gasteiger partial charge in [0.1, 0.15) is 11.6 Å². The molecule has 1 amide bonds. The summed E-state index contributed by atoms with van der Waals surface area (Å²) in [5, 5.41) is 13.2. The number of aromatic nitrogens is 3. The maximum Gasteiger partial charge on any atom is 0.257 e. The van der Waals surface area contributed by atoms with Crippen LogP contribution in [0.1, 0.15) is 29.3 Å². The number of amides is 1. The molecule has 0 aliphatic carbocycles. The van der Waals surface area contributed by atoms with E-state index in [2.05, 4.69) is 32.8 Å². The number of H-pyrrole nitrogens is 1. The molecule has 2 aromatic heterocycles. The van der Waals surface area contributed by atoms with Crippen molar-refractivity contribution in [3.8, 4) is 6.07 Å². The summed E-state index contributed by atoms with van der Waals surface area (Å²) in [6.07, 6.45) is 4.42. The van der Waals surface area contributed by atoms with E-state index >= 15 is 0 Å². The normalized spacial score (nSPS) is 10.9. The van der Waals surface area contributed by atoms with E-state index in [0.29, 0.717) is 22.3 Å². The van der Waals surface area contributed by atoms with E-state index < -0.39 is 0 Å². The fourth-order valence-electron chi connectivity index (χ4n) is 3.24. The van der Waals surface area contributed by atoms with E-state index in [1.165, 1.54) is 0 Å². The molecule has 0 aliphatic heterocycles. The molecule has 4 rings (SSSR count). The van der Waals surface area contributed by atoms with Crippen LogP contribution < -0.4 is 5.32 Å². The molecule has 4 aromatic rings. The zero-order valence-electron chi connectivity index (χ0n) is 14.3. The first-order chi connectivity index (χ1) is 12.7. The average Bonchev–Trinajstić information content (AvgIpc) is 3.26. The molecule has 0 fully saturated rings. The summed E-state index contributed by atoms with van der Waals surface area (Å²) < 4.78 is 2.07. The van der Waals surface area contributed by atoms with Crippen LogP contribution in [0.4, 0.5) is 5.69 Å². The summed E-state index contributed by atoms with van der Waals surface area (Å²) in [7, 11) is 0. The molecule has 0 saturated heterocycles. The molecule has 2 heterocycles. The van der Waals surface area contributed by atoms with Crippen molar-refractivity contribution >= 4 is 33.5 Å². The van der Waals surface area contributed by atoms with Gasteiger partial charge in [0.2, 0.25) is 0 Å². The number of hydrogen-bond donors (Lipinski definition) is 2. The minimum Gasteiger partial charge on any atom is -0.346 e. The minimum atomic E-state index is -0.228. The molecule has 0 unspecified atom stereocenters. The number of carbonyl (C=O) groups excluding carboxylic acids is 1. The zero-order valence-corrected chi connectivity index (χ0v) is 14.3. The number of anilines is 1. The lowest BCUT2D eigenvalue weighted by molar-refractivity contribution is 0.102. The van der Waals surface area contributed by atoms with Gasteiger partial charge in [-0.3, -0.25) is 4.79 Å². The molecule has 0 radical (unpaired) electrons. The first-order valence-corrected chi connectivity index (χ1v) is 8.47. The second-order valence-electron chi connectivity index (χ2n) is 6.14. The van der Waals surface area contributed by atoms with Crippen molar-refractivity contribution in [2.24, 2.45) is 0 Å². The van der Waals surface area contributed by atoms with Gasteiger partial charge in [0, 0.05) is 29.3 Å². The van der Waals surface area contributed by atoms with Crippen LogP contribution in [0.5, 0.6) is 0 Å². The zero-order chi connectivity index (χ0) is 18.1. The number of nitrogens with one attached hydrogen (secondary N) is 2. The van der Waals surface area contributed by atoms with Crippen LogP contribution >= 0.6 is 0 Å². The molecular formula is C20H17N5O. The molecule has 0 bridgehead atoms. The second kappa shape index (κ2) is 6.37. The molecule has 6 nitrogen and oxygen atoms in total. The summed E-state index contributed by atoms with van der Waals surface area (Å²) in [5.74, 6) is -0.228. The van der Waals surface area contributed by atoms with Crippen LogP contribution in [0.3, 0.4) is 0 Å². The summed E-state index contributed by atoms with van der Waals surface area (Å²) in [6, 6.07) is 13.3. The Hall–Kier alpha value is -3.59. The van der Waals surface area contributed by atoms with E-state index in [-0.39, 0.29) is 5.91 Å². The summed E-state index contributed by atoms with van der Waals surface area (Å²) >= 11 is 0. The molecule has 6 heteroatoms. The van der Waals surface area contributed by atoms with Crippen molar-refractivity contribution in [3.63, 3.8) is 0 Å². The number of para-hydroxylation sites is 1.